The molecule has 0 saturated carbocycles. The van der Waals surface area contributed by atoms with Crippen LogP contribution in [0.1, 0.15) is 11.1 Å². The van der Waals surface area contributed by atoms with Crippen LogP contribution in [0.4, 0.5) is 8.78 Å². The topological polar surface area (TPSA) is 37.3 Å². The van der Waals surface area contributed by atoms with Gasteiger partial charge in [-0.25, -0.2) is 8.78 Å². The van der Waals surface area contributed by atoms with Crippen LogP contribution in [-0.4, -0.2) is 11.1 Å². The number of rotatable bonds is 5. The number of carboxylic acid groups (broad SMARTS) is 1. The quantitative estimate of drug-likeness (QED) is 0.816. The van der Waals surface area contributed by atoms with E-state index in [0.29, 0.717) is 0 Å². The van der Waals surface area contributed by atoms with Gasteiger partial charge in [-0.15, -0.1) is 0 Å². The molecule has 2 rings (SSSR count). The summed E-state index contributed by atoms with van der Waals surface area (Å²) < 4.78 is 27.8. The lowest BCUT2D eigenvalue weighted by Crippen LogP contribution is -2.20. The molecular weight excluding hydrogens is 342 g/mol. The molecule has 1 atom stereocenters. The molecule has 0 radical (unpaired) electrons. The second kappa shape index (κ2) is 6.80. The summed E-state index contributed by atoms with van der Waals surface area (Å²) in [6.45, 7) is 0. The van der Waals surface area contributed by atoms with Crippen molar-refractivity contribution in [2.75, 3.05) is 0 Å². The van der Waals surface area contributed by atoms with Crippen molar-refractivity contribution in [2.45, 2.75) is 12.8 Å². The Labute approximate surface area is 129 Å². The fourth-order valence-electron chi connectivity index (χ4n) is 2.15. The van der Waals surface area contributed by atoms with Crippen molar-refractivity contribution in [1.29, 1.82) is 0 Å². The average Bonchev–Trinajstić information content (AvgIpc) is 2.47. The van der Waals surface area contributed by atoms with Crippen LogP contribution in [0.5, 0.6) is 0 Å². The molecule has 0 fully saturated rings. The highest BCUT2D eigenvalue weighted by atomic mass is 79.9. The highest BCUT2D eigenvalue weighted by Gasteiger charge is 2.23. The molecular formula is C16H13BrF2O2. The van der Waals surface area contributed by atoms with Crippen LogP contribution < -0.4 is 0 Å². The zero-order valence-corrected chi connectivity index (χ0v) is 12.6. The van der Waals surface area contributed by atoms with Crippen molar-refractivity contribution < 1.29 is 18.7 Å². The first-order chi connectivity index (χ1) is 9.99. The van der Waals surface area contributed by atoms with Crippen molar-refractivity contribution in [1.82, 2.24) is 0 Å². The lowest BCUT2D eigenvalue weighted by Gasteiger charge is -2.14. The van der Waals surface area contributed by atoms with E-state index in [2.05, 4.69) is 15.9 Å². The standard InChI is InChI=1S/C16H13BrF2O2/c17-13-6-7-14(18)12(15(13)19)9-11(16(20)21)8-10-4-2-1-3-5-10/h1-7,11H,8-9H2,(H,20,21). The van der Waals surface area contributed by atoms with Crippen LogP contribution in [0.25, 0.3) is 0 Å². The number of hydrogen-bond donors (Lipinski definition) is 1. The van der Waals surface area contributed by atoms with Crippen LogP contribution in [0.3, 0.4) is 0 Å². The van der Waals surface area contributed by atoms with Crippen molar-refractivity contribution in [2.24, 2.45) is 5.92 Å². The molecule has 0 saturated heterocycles. The van der Waals surface area contributed by atoms with Crippen LogP contribution >= 0.6 is 15.9 Å². The van der Waals surface area contributed by atoms with E-state index in [1.807, 2.05) is 6.07 Å². The van der Waals surface area contributed by atoms with Crippen molar-refractivity contribution in [3.63, 3.8) is 0 Å². The van der Waals surface area contributed by atoms with Crippen molar-refractivity contribution in [3.05, 3.63) is 69.7 Å². The molecule has 5 heteroatoms. The number of hydrogen-bond acceptors (Lipinski definition) is 1. The maximum atomic E-state index is 13.9. The van der Waals surface area contributed by atoms with Gasteiger partial charge in [-0.3, -0.25) is 4.79 Å². The maximum Gasteiger partial charge on any atom is 0.307 e. The number of aliphatic carboxylic acids is 1. The Balaban J connectivity index is 2.25. The van der Waals surface area contributed by atoms with Gasteiger partial charge in [0.05, 0.1) is 10.4 Å². The number of carboxylic acids is 1. The summed E-state index contributed by atoms with van der Waals surface area (Å²) in [4.78, 5) is 11.4. The van der Waals surface area contributed by atoms with Gasteiger partial charge in [0.15, 0.2) is 0 Å². The van der Waals surface area contributed by atoms with E-state index in [4.69, 9.17) is 0 Å². The molecule has 0 aliphatic rings. The van der Waals surface area contributed by atoms with E-state index in [1.165, 1.54) is 6.07 Å². The van der Waals surface area contributed by atoms with E-state index in [9.17, 15) is 18.7 Å². The molecule has 0 aromatic heterocycles. The third-order valence-electron chi connectivity index (χ3n) is 3.26. The summed E-state index contributed by atoms with van der Waals surface area (Å²) in [7, 11) is 0. The Bertz CT molecular complexity index is 644. The fraction of sp³-hybridized carbons (Fsp3) is 0.188. The molecule has 1 N–H and O–H groups in total. The number of halogens is 3. The molecule has 0 heterocycles. The largest absolute Gasteiger partial charge is 0.481 e. The van der Waals surface area contributed by atoms with Gasteiger partial charge in [0.1, 0.15) is 11.6 Å². The van der Waals surface area contributed by atoms with Gasteiger partial charge in [-0.2, -0.15) is 0 Å². The number of carbonyl (C=O) groups is 1. The predicted octanol–water partition coefficient (Wildman–Crippen LogP) is 4.21. The molecule has 110 valence electrons. The van der Waals surface area contributed by atoms with Crippen LogP contribution in [0.15, 0.2) is 46.9 Å². The van der Waals surface area contributed by atoms with Gasteiger partial charge in [0.2, 0.25) is 0 Å². The Hall–Kier alpha value is -1.75. The Morgan fingerprint density at radius 3 is 2.38 bits per heavy atom. The van der Waals surface area contributed by atoms with Gasteiger partial charge in [0.25, 0.3) is 0 Å². The monoisotopic (exact) mass is 354 g/mol. The molecule has 1 unspecified atom stereocenters. The van der Waals surface area contributed by atoms with Crippen molar-refractivity contribution >= 4 is 21.9 Å². The lowest BCUT2D eigenvalue weighted by molar-refractivity contribution is -0.141. The molecule has 2 aromatic rings. The normalized spacial score (nSPS) is 12.1. The first kappa shape index (κ1) is 15.6. The minimum atomic E-state index is -1.07. The highest BCUT2D eigenvalue weighted by Crippen LogP contribution is 2.25. The first-order valence-electron chi connectivity index (χ1n) is 6.38. The van der Waals surface area contributed by atoms with E-state index in [0.717, 1.165) is 11.6 Å². The summed E-state index contributed by atoms with van der Waals surface area (Å²) in [6.07, 6.45) is 0.0307. The van der Waals surface area contributed by atoms with Gasteiger partial charge < -0.3 is 5.11 Å². The van der Waals surface area contributed by atoms with E-state index in [-0.39, 0.29) is 22.9 Å². The molecule has 0 bridgehead atoms. The van der Waals surface area contributed by atoms with Gasteiger partial charge >= 0.3 is 5.97 Å². The molecule has 0 spiro atoms. The minimum absolute atomic E-state index is 0.128. The maximum absolute atomic E-state index is 13.9. The number of benzene rings is 2. The smallest absolute Gasteiger partial charge is 0.307 e. The molecule has 0 amide bonds. The SMILES string of the molecule is O=C(O)C(Cc1ccccc1)Cc1c(F)ccc(Br)c1F. The first-order valence-corrected chi connectivity index (χ1v) is 7.17. The second-order valence-corrected chi connectivity index (χ2v) is 5.61. The van der Waals surface area contributed by atoms with Gasteiger partial charge in [0, 0.05) is 5.56 Å². The Morgan fingerprint density at radius 2 is 1.76 bits per heavy atom. The fourth-order valence-corrected chi connectivity index (χ4v) is 2.52. The van der Waals surface area contributed by atoms with E-state index < -0.39 is 23.5 Å². The summed E-state index contributed by atoms with van der Waals surface area (Å²) in [5.74, 6) is -3.42. The van der Waals surface area contributed by atoms with E-state index in [1.54, 1.807) is 24.3 Å². The lowest BCUT2D eigenvalue weighted by atomic mass is 9.92. The highest BCUT2D eigenvalue weighted by molar-refractivity contribution is 9.10. The molecule has 0 aliphatic heterocycles. The molecule has 21 heavy (non-hydrogen) atoms. The van der Waals surface area contributed by atoms with Crippen molar-refractivity contribution in [3.8, 4) is 0 Å². The minimum Gasteiger partial charge on any atom is -0.481 e. The molecule has 0 aliphatic carbocycles. The predicted molar refractivity (Wildman–Crippen MR) is 79.0 cm³/mol. The summed E-state index contributed by atoms with van der Waals surface area (Å²) >= 11 is 2.98. The van der Waals surface area contributed by atoms with Crippen LogP contribution in [0.2, 0.25) is 0 Å². The van der Waals surface area contributed by atoms with E-state index >= 15 is 0 Å². The average molecular weight is 355 g/mol. The second-order valence-electron chi connectivity index (χ2n) is 4.75. The zero-order chi connectivity index (χ0) is 15.4. The molecule has 2 nitrogen and oxygen atoms in total. The van der Waals surface area contributed by atoms with Gasteiger partial charge in [-0.05, 0) is 46.5 Å². The van der Waals surface area contributed by atoms with Gasteiger partial charge in [-0.1, -0.05) is 30.3 Å². The van der Waals surface area contributed by atoms with Crippen LogP contribution in [-0.2, 0) is 17.6 Å². The Kier molecular flexibility index (Phi) is 5.07. The molecule has 2 aromatic carbocycles. The summed E-state index contributed by atoms with van der Waals surface area (Å²) in [6, 6.07) is 11.4. The Morgan fingerprint density at radius 1 is 1.10 bits per heavy atom. The van der Waals surface area contributed by atoms with Crippen LogP contribution in [0, 0.1) is 17.6 Å². The summed E-state index contributed by atoms with van der Waals surface area (Å²) in [5, 5.41) is 9.29. The third-order valence-corrected chi connectivity index (χ3v) is 3.88. The zero-order valence-electron chi connectivity index (χ0n) is 11.0. The summed E-state index contributed by atoms with van der Waals surface area (Å²) in [5.41, 5.74) is 0.619. The third kappa shape index (κ3) is 3.88.